The summed E-state index contributed by atoms with van der Waals surface area (Å²) in [5.74, 6) is -1.28. The number of carbonyl (C=O) groups is 2. The number of rotatable bonds is 5. The fourth-order valence-corrected chi connectivity index (χ4v) is 5.10. The highest BCUT2D eigenvalue weighted by molar-refractivity contribution is 6.12. The Morgan fingerprint density at radius 3 is 2.45 bits per heavy atom. The van der Waals surface area contributed by atoms with Gasteiger partial charge in [0.25, 0.3) is 5.91 Å². The van der Waals surface area contributed by atoms with Crippen molar-refractivity contribution < 1.29 is 14.7 Å². The Morgan fingerprint density at radius 2 is 1.61 bits per heavy atom. The van der Waals surface area contributed by atoms with E-state index >= 15 is 0 Å². The number of benzene rings is 3. The average molecular weight is 412 g/mol. The first-order chi connectivity index (χ1) is 15.1. The number of hydrogen-bond donors (Lipinski definition) is 1. The monoisotopic (exact) mass is 411 g/mol. The molecule has 1 amide bonds. The number of Topliss-reactive ketones (excluding diaryl/α,β-unsaturated/α-hetero) is 1. The number of fused-ring (bicyclic) bond motifs is 2. The lowest BCUT2D eigenvalue weighted by atomic mass is 9.71. The third-order valence-corrected chi connectivity index (χ3v) is 6.67. The first-order valence-corrected chi connectivity index (χ1v) is 10.9. The first-order valence-electron chi connectivity index (χ1n) is 10.9. The molecule has 1 aliphatic carbocycles. The van der Waals surface area contributed by atoms with Crippen molar-refractivity contribution in [3.63, 3.8) is 0 Å². The van der Waals surface area contributed by atoms with E-state index in [9.17, 15) is 14.7 Å². The van der Waals surface area contributed by atoms with E-state index in [1.165, 1.54) is 5.56 Å². The predicted octanol–water partition coefficient (Wildman–Crippen LogP) is 4.30. The molecule has 1 aliphatic heterocycles. The lowest BCUT2D eigenvalue weighted by molar-refractivity contribution is -0.140. The number of ketones is 1. The van der Waals surface area contributed by atoms with E-state index in [4.69, 9.17) is 0 Å². The summed E-state index contributed by atoms with van der Waals surface area (Å²) in [6.07, 6.45) is 2.77. The molecule has 3 aromatic rings. The molecule has 4 nitrogen and oxygen atoms in total. The molecule has 1 N–H and O–H groups in total. The topological polar surface area (TPSA) is 57.6 Å². The zero-order valence-corrected chi connectivity index (χ0v) is 17.3. The maximum Gasteiger partial charge on any atom is 0.264 e. The molecule has 0 spiro atoms. The standard InChI is InChI=1S/C27H25NO3/c29-25-21-13-5-4-12-20(21)16-17-23(25)27(31)22-14-6-7-15-24(22)28(26(27)30)18-8-11-19-9-2-1-3-10-19/h1-7,9-10,12-15,23,31H,8,11,16-18H2/t23-,27-/m1/s1. The van der Waals surface area contributed by atoms with E-state index in [0.717, 1.165) is 24.1 Å². The van der Waals surface area contributed by atoms with Crippen LogP contribution in [0.2, 0.25) is 0 Å². The van der Waals surface area contributed by atoms with Crippen molar-refractivity contribution in [3.05, 3.63) is 101 Å². The highest BCUT2D eigenvalue weighted by Crippen LogP contribution is 2.48. The molecule has 0 unspecified atom stereocenters. The third-order valence-electron chi connectivity index (χ3n) is 6.67. The minimum absolute atomic E-state index is 0.140. The van der Waals surface area contributed by atoms with Crippen LogP contribution >= 0.6 is 0 Å². The number of anilines is 1. The number of para-hydroxylation sites is 1. The second kappa shape index (κ2) is 7.78. The number of aliphatic hydroxyl groups is 1. The van der Waals surface area contributed by atoms with Gasteiger partial charge in [0.2, 0.25) is 0 Å². The minimum Gasteiger partial charge on any atom is -0.375 e. The molecular weight excluding hydrogens is 386 g/mol. The van der Waals surface area contributed by atoms with Crippen LogP contribution in [-0.4, -0.2) is 23.3 Å². The van der Waals surface area contributed by atoms with Gasteiger partial charge in [-0.05, 0) is 42.9 Å². The predicted molar refractivity (Wildman–Crippen MR) is 120 cm³/mol. The van der Waals surface area contributed by atoms with Crippen LogP contribution in [0.25, 0.3) is 0 Å². The normalized spacial score (nSPS) is 22.4. The van der Waals surface area contributed by atoms with E-state index in [1.54, 1.807) is 17.0 Å². The lowest BCUT2D eigenvalue weighted by Gasteiger charge is -2.34. The van der Waals surface area contributed by atoms with Crippen LogP contribution in [0.4, 0.5) is 5.69 Å². The summed E-state index contributed by atoms with van der Waals surface area (Å²) < 4.78 is 0. The third kappa shape index (κ3) is 3.19. The van der Waals surface area contributed by atoms with Gasteiger partial charge >= 0.3 is 0 Å². The van der Waals surface area contributed by atoms with Crippen LogP contribution < -0.4 is 4.90 Å². The molecule has 0 aromatic heterocycles. The fourth-order valence-electron chi connectivity index (χ4n) is 5.10. The van der Waals surface area contributed by atoms with E-state index in [2.05, 4.69) is 12.1 Å². The van der Waals surface area contributed by atoms with Gasteiger partial charge in [0.15, 0.2) is 11.4 Å². The Labute approximate surface area is 182 Å². The van der Waals surface area contributed by atoms with Gasteiger partial charge in [-0.1, -0.05) is 72.8 Å². The van der Waals surface area contributed by atoms with Crippen molar-refractivity contribution in [2.24, 2.45) is 5.92 Å². The van der Waals surface area contributed by atoms with Crippen molar-refractivity contribution in [1.29, 1.82) is 0 Å². The molecule has 156 valence electrons. The smallest absolute Gasteiger partial charge is 0.264 e. The summed E-state index contributed by atoms with van der Waals surface area (Å²) in [6.45, 7) is 0.505. The van der Waals surface area contributed by atoms with Crippen LogP contribution in [0, 0.1) is 5.92 Å². The molecule has 4 heteroatoms. The van der Waals surface area contributed by atoms with Crippen molar-refractivity contribution in [3.8, 4) is 0 Å². The van der Waals surface area contributed by atoms with Crippen LogP contribution in [0.5, 0.6) is 0 Å². The molecule has 3 aromatic carbocycles. The number of aryl methyl sites for hydroxylation is 2. The van der Waals surface area contributed by atoms with Crippen molar-refractivity contribution in [2.45, 2.75) is 31.3 Å². The second-order valence-electron chi connectivity index (χ2n) is 8.44. The molecule has 0 radical (unpaired) electrons. The van der Waals surface area contributed by atoms with Gasteiger partial charge in [-0.2, -0.15) is 0 Å². The average Bonchev–Trinajstić information content (AvgIpc) is 3.03. The Hall–Kier alpha value is -3.24. The van der Waals surface area contributed by atoms with Crippen molar-refractivity contribution in [2.75, 3.05) is 11.4 Å². The van der Waals surface area contributed by atoms with Gasteiger partial charge in [-0.15, -0.1) is 0 Å². The van der Waals surface area contributed by atoms with Gasteiger partial charge in [-0.25, -0.2) is 0 Å². The second-order valence-corrected chi connectivity index (χ2v) is 8.44. The van der Waals surface area contributed by atoms with Gasteiger partial charge in [0, 0.05) is 17.7 Å². The molecule has 1 heterocycles. The Balaban J connectivity index is 1.44. The summed E-state index contributed by atoms with van der Waals surface area (Å²) in [6, 6.07) is 25.0. The molecule has 0 fully saturated rings. The minimum atomic E-state index is -1.81. The molecule has 0 bridgehead atoms. The van der Waals surface area contributed by atoms with Gasteiger partial charge in [0.1, 0.15) is 0 Å². The van der Waals surface area contributed by atoms with E-state index < -0.39 is 11.5 Å². The van der Waals surface area contributed by atoms with E-state index in [-0.39, 0.29) is 11.7 Å². The summed E-state index contributed by atoms with van der Waals surface area (Å²) in [5.41, 5.74) is 2.29. The van der Waals surface area contributed by atoms with E-state index in [0.29, 0.717) is 30.5 Å². The summed E-state index contributed by atoms with van der Waals surface area (Å²) >= 11 is 0. The number of hydrogen-bond acceptors (Lipinski definition) is 3. The van der Waals surface area contributed by atoms with Crippen LogP contribution in [0.1, 0.15) is 39.9 Å². The van der Waals surface area contributed by atoms with Gasteiger partial charge in [0.05, 0.1) is 11.6 Å². The number of carbonyl (C=O) groups excluding carboxylic acids is 2. The molecule has 31 heavy (non-hydrogen) atoms. The van der Waals surface area contributed by atoms with Crippen LogP contribution in [0.15, 0.2) is 78.9 Å². The fraction of sp³-hybridized carbons (Fsp3) is 0.259. The molecule has 0 saturated heterocycles. The highest BCUT2D eigenvalue weighted by atomic mass is 16.3. The zero-order valence-electron chi connectivity index (χ0n) is 17.3. The maximum atomic E-state index is 13.6. The van der Waals surface area contributed by atoms with Crippen LogP contribution in [-0.2, 0) is 23.2 Å². The SMILES string of the molecule is O=C1c2ccccc2CC[C@H]1[C@@]1(O)C(=O)N(CCCc2ccccc2)c2ccccc21. The Bertz CT molecular complexity index is 1140. The largest absolute Gasteiger partial charge is 0.375 e. The first kappa shape index (κ1) is 19.7. The van der Waals surface area contributed by atoms with Crippen molar-refractivity contribution >= 4 is 17.4 Å². The number of amides is 1. The molecule has 5 rings (SSSR count). The quantitative estimate of drug-likeness (QED) is 0.681. The van der Waals surface area contributed by atoms with Crippen LogP contribution in [0.3, 0.4) is 0 Å². The molecule has 0 saturated carbocycles. The summed E-state index contributed by atoms with van der Waals surface area (Å²) in [5, 5.41) is 11.8. The maximum absolute atomic E-state index is 13.6. The molecule has 2 atom stereocenters. The van der Waals surface area contributed by atoms with E-state index in [1.807, 2.05) is 54.6 Å². The molecular formula is C27H25NO3. The van der Waals surface area contributed by atoms with Gasteiger partial charge < -0.3 is 10.0 Å². The number of nitrogens with zero attached hydrogens (tertiary/aromatic N) is 1. The zero-order chi connectivity index (χ0) is 21.4. The van der Waals surface area contributed by atoms with Gasteiger partial charge in [-0.3, -0.25) is 9.59 Å². The lowest BCUT2D eigenvalue weighted by Crippen LogP contribution is -2.50. The van der Waals surface area contributed by atoms with Crippen molar-refractivity contribution in [1.82, 2.24) is 0 Å². The Morgan fingerprint density at radius 1 is 0.903 bits per heavy atom. The Kier molecular flexibility index (Phi) is 4.95. The molecule has 2 aliphatic rings. The highest BCUT2D eigenvalue weighted by Gasteiger charge is 2.57. The summed E-state index contributed by atoms with van der Waals surface area (Å²) in [4.78, 5) is 28.6. The summed E-state index contributed by atoms with van der Waals surface area (Å²) in [7, 11) is 0.